The number of hydrogen-bond donors (Lipinski definition) is 1. The highest BCUT2D eigenvalue weighted by Crippen LogP contribution is 2.35. The summed E-state index contributed by atoms with van der Waals surface area (Å²) in [6, 6.07) is 18.4. The number of methoxy groups -OCH3 is 1. The molecule has 1 aliphatic rings. The molecule has 2 amide bonds. The molecule has 0 spiro atoms. The number of carbonyl (C=O) groups is 2. The second-order valence-electron chi connectivity index (χ2n) is 6.60. The van der Waals surface area contributed by atoms with E-state index in [0.29, 0.717) is 18.0 Å². The minimum Gasteiger partial charge on any atom is -0.497 e. The number of nitrogens with zero attached hydrogens (tertiary/aromatic N) is 1. The molecule has 2 aromatic carbocycles. The fraction of sp³-hybridized carbons (Fsp3) is 0.130. The van der Waals surface area contributed by atoms with E-state index in [1.165, 1.54) is 4.90 Å². The lowest BCUT2D eigenvalue weighted by molar-refractivity contribution is -0.123. The Bertz CT molecular complexity index is 1070. The van der Waals surface area contributed by atoms with Gasteiger partial charge < -0.3 is 14.8 Å². The first kappa shape index (κ1) is 19.7. The van der Waals surface area contributed by atoms with Crippen molar-refractivity contribution in [3.8, 4) is 11.5 Å². The van der Waals surface area contributed by atoms with Gasteiger partial charge in [-0.1, -0.05) is 30.3 Å². The maximum absolute atomic E-state index is 13.1. The molecule has 152 valence electrons. The average molecular weight is 420 g/mol. The molecule has 30 heavy (non-hydrogen) atoms. The maximum atomic E-state index is 13.1. The van der Waals surface area contributed by atoms with Crippen molar-refractivity contribution in [3.05, 3.63) is 82.2 Å². The Morgan fingerprint density at radius 2 is 1.93 bits per heavy atom. The van der Waals surface area contributed by atoms with E-state index in [-0.39, 0.29) is 24.1 Å². The number of ether oxygens (including phenoxy) is 2. The topological polar surface area (TPSA) is 67.9 Å². The van der Waals surface area contributed by atoms with Crippen molar-refractivity contribution >= 4 is 34.9 Å². The molecule has 6 nitrogen and oxygen atoms in total. The van der Waals surface area contributed by atoms with Crippen LogP contribution in [0.2, 0.25) is 0 Å². The monoisotopic (exact) mass is 420 g/mol. The van der Waals surface area contributed by atoms with Crippen LogP contribution in [0.25, 0.3) is 6.08 Å². The highest BCUT2D eigenvalue weighted by atomic mass is 32.1. The molecule has 0 radical (unpaired) electrons. The van der Waals surface area contributed by atoms with Gasteiger partial charge in [-0.2, -0.15) is 0 Å². The van der Waals surface area contributed by atoms with Gasteiger partial charge in [0.15, 0.2) is 11.5 Å². The number of rotatable bonds is 6. The van der Waals surface area contributed by atoms with Crippen LogP contribution in [0.15, 0.2) is 71.8 Å². The van der Waals surface area contributed by atoms with E-state index in [9.17, 15) is 9.59 Å². The van der Waals surface area contributed by atoms with Crippen LogP contribution in [0.3, 0.4) is 0 Å². The summed E-state index contributed by atoms with van der Waals surface area (Å²) < 4.78 is 11.0. The Kier molecular flexibility index (Phi) is 5.81. The van der Waals surface area contributed by atoms with Gasteiger partial charge in [0.25, 0.3) is 5.91 Å². The van der Waals surface area contributed by atoms with Crippen LogP contribution in [-0.4, -0.2) is 25.5 Å². The fourth-order valence-electron chi connectivity index (χ4n) is 3.07. The van der Waals surface area contributed by atoms with Crippen molar-refractivity contribution in [2.24, 2.45) is 0 Å². The first-order chi connectivity index (χ1) is 14.6. The Morgan fingerprint density at radius 3 is 2.67 bits per heavy atom. The number of fused-ring (bicyclic) bond motifs is 1. The van der Waals surface area contributed by atoms with Gasteiger partial charge in [-0.25, -0.2) is 0 Å². The van der Waals surface area contributed by atoms with E-state index in [1.54, 1.807) is 36.7 Å². The summed E-state index contributed by atoms with van der Waals surface area (Å²) in [6.45, 7) is 0.343. The number of anilines is 1. The fourth-order valence-corrected chi connectivity index (χ4v) is 3.71. The zero-order valence-electron chi connectivity index (χ0n) is 16.3. The van der Waals surface area contributed by atoms with Gasteiger partial charge in [-0.05, 0) is 47.4 Å². The minimum atomic E-state index is -0.365. The molecule has 0 saturated carbocycles. The number of para-hydroxylation sites is 2. The summed E-state index contributed by atoms with van der Waals surface area (Å²) in [7, 11) is 1.60. The lowest BCUT2D eigenvalue weighted by atomic mass is 10.1. The van der Waals surface area contributed by atoms with Crippen molar-refractivity contribution in [3.63, 3.8) is 0 Å². The van der Waals surface area contributed by atoms with E-state index in [1.807, 2.05) is 53.9 Å². The second-order valence-corrected chi connectivity index (χ2v) is 7.63. The van der Waals surface area contributed by atoms with Crippen LogP contribution < -0.4 is 19.7 Å². The largest absolute Gasteiger partial charge is 0.497 e. The zero-order valence-corrected chi connectivity index (χ0v) is 17.1. The molecule has 3 aromatic rings. The van der Waals surface area contributed by atoms with Crippen LogP contribution in [-0.2, 0) is 16.1 Å². The van der Waals surface area contributed by atoms with Gasteiger partial charge in [-0.15, -0.1) is 11.3 Å². The summed E-state index contributed by atoms with van der Waals surface area (Å²) in [5, 5.41) is 4.82. The lowest BCUT2D eigenvalue weighted by Gasteiger charge is -2.30. The number of amides is 2. The molecule has 4 rings (SSSR count). The third-order valence-corrected chi connectivity index (χ3v) is 5.46. The van der Waals surface area contributed by atoms with Crippen LogP contribution in [0.4, 0.5) is 5.69 Å². The first-order valence-corrected chi connectivity index (χ1v) is 10.3. The molecule has 1 aromatic heterocycles. The summed E-state index contributed by atoms with van der Waals surface area (Å²) in [5.41, 5.74) is 1.36. The second kappa shape index (κ2) is 8.84. The molecular weight excluding hydrogens is 400 g/mol. The van der Waals surface area contributed by atoms with E-state index < -0.39 is 0 Å². The first-order valence-electron chi connectivity index (χ1n) is 9.37. The number of benzene rings is 2. The molecule has 1 N–H and O–H groups in total. The average Bonchev–Trinajstić information content (AvgIpc) is 3.29. The number of carbonyl (C=O) groups excluding carboxylic acids is 2. The van der Waals surface area contributed by atoms with E-state index >= 15 is 0 Å². The molecule has 0 saturated heterocycles. The predicted molar refractivity (Wildman–Crippen MR) is 117 cm³/mol. The summed E-state index contributed by atoms with van der Waals surface area (Å²) in [5.74, 6) is 0.809. The molecule has 0 unspecified atom stereocenters. The van der Waals surface area contributed by atoms with Crippen LogP contribution in [0.1, 0.15) is 10.4 Å². The molecule has 7 heteroatoms. The normalized spacial score (nSPS) is 14.2. The Hall–Kier alpha value is -3.58. The summed E-state index contributed by atoms with van der Waals surface area (Å²) in [6.07, 6.45) is 1.66. The Balaban J connectivity index is 1.56. The van der Waals surface area contributed by atoms with Crippen molar-refractivity contribution in [2.45, 2.75) is 6.54 Å². The number of nitrogens with one attached hydrogen (secondary N) is 1. The van der Waals surface area contributed by atoms with Crippen molar-refractivity contribution in [2.75, 3.05) is 18.6 Å². The van der Waals surface area contributed by atoms with Gasteiger partial charge >= 0.3 is 0 Å². The van der Waals surface area contributed by atoms with Gasteiger partial charge in [0.2, 0.25) is 5.91 Å². The van der Waals surface area contributed by atoms with E-state index in [0.717, 1.165) is 16.2 Å². The molecule has 0 atom stereocenters. The van der Waals surface area contributed by atoms with Crippen LogP contribution >= 0.6 is 11.3 Å². The van der Waals surface area contributed by atoms with Crippen molar-refractivity contribution < 1.29 is 19.1 Å². The maximum Gasteiger partial charge on any atom is 0.294 e. The third-order valence-electron chi connectivity index (χ3n) is 4.59. The zero-order chi connectivity index (χ0) is 20.9. The Morgan fingerprint density at radius 1 is 1.13 bits per heavy atom. The molecular formula is C23H20N2O4S. The summed E-state index contributed by atoms with van der Waals surface area (Å²) >= 11 is 1.57. The molecule has 0 aliphatic carbocycles. The SMILES string of the molecule is COc1ccc(/C=C2\Oc3ccccc3N(CC(=O)NCc3cccs3)C2=O)cc1. The molecule has 1 aliphatic heterocycles. The van der Waals surface area contributed by atoms with E-state index in [4.69, 9.17) is 9.47 Å². The molecule has 0 bridgehead atoms. The number of hydrogen-bond acceptors (Lipinski definition) is 5. The molecule has 2 heterocycles. The van der Waals surface area contributed by atoms with Gasteiger partial charge in [-0.3, -0.25) is 14.5 Å². The Labute approximate surface area is 178 Å². The van der Waals surface area contributed by atoms with Crippen LogP contribution in [0, 0.1) is 0 Å². The van der Waals surface area contributed by atoms with Crippen LogP contribution in [0.5, 0.6) is 11.5 Å². The van der Waals surface area contributed by atoms with Gasteiger partial charge in [0, 0.05) is 4.88 Å². The standard InChI is InChI=1S/C23H20N2O4S/c1-28-17-10-8-16(9-11-17)13-21-23(27)25(19-6-2-3-7-20(19)29-21)15-22(26)24-14-18-5-4-12-30-18/h2-13H,14-15H2,1H3,(H,24,26)/b21-13-. The quantitative estimate of drug-likeness (QED) is 0.616. The van der Waals surface area contributed by atoms with Crippen molar-refractivity contribution in [1.82, 2.24) is 5.32 Å². The van der Waals surface area contributed by atoms with Gasteiger partial charge in [0.1, 0.15) is 12.3 Å². The lowest BCUT2D eigenvalue weighted by Crippen LogP contribution is -2.44. The van der Waals surface area contributed by atoms with E-state index in [2.05, 4.69) is 5.32 Å². The highest BCUT2D eigenvalue weighted by molar-refractivity contribution is 7.09. The van der Waals surface area contributed by atoms with Crippen molar-refractivity contribution in [1.29, 1.82) is 0 Å². The predicted octanol–water partition coefficient (Wildman–Crippen LogP) is 3.84. The highest BCUT2D eigenvalue weighted by Gasteiger charge is 2.31. The third kappa shape index (κ3) is 4.36. The minimum absolute atomic E-state index is 0.0927. The molecule has 0 fully saturated rings. The van der Waals surface area contributed by atoms with Gasteiger partial charge in [0.05, 0.1) is 19.3 Å². The summed E-state index contributed by atoms with van der Waals surface area (Å²) in [4.78, 5) is 28.1. The number of thiophene rings is 1. The smallest absolute Gasteiger partial charge is 0.294 e.